The van der Waals surface area contributed by atoms with Gasteiger partial charge in [-0.3, -0.25) is 0 Å². The van der Waals surface area contributed by atoms with Gasteiger partial charge in [-0.2, -0.15) is 0 Å². The largest absolute Gasteiger partial charge is 0.380 e. The van der Waals surface area contributed by atoms with E-state index in [-0.39, 0.29) is 11.0 Å². The molecule has 1 heterocycles. The molecule has 0 amide bonds. The number of ether oxygens (including phenoxy) is 1. The predicted octanol–water partition coefficient (Wildman–Crippen LogP) is 0.578. The summed E-state index contributed by atoms with van der Waals surface area (Å²) < 4.78 is 28.3. The van der Waals surface area contributed by atoms with Crippen molar-refractivity contribution in [1.29, 1.82) is 0 Å². The fraction of sp³-hybridized carbons (Fsp3) is 1.00. The van der Waals surface area contributed by atoms with Crippen molar-refractivity contribution < 1.29 is 13.2 Å². The Hall–Kier alpha value is -0.130. The SMILES string of the molecule is CC(C)S(=O)(=O)CCNC1CCCOC1. The van der Waals surface area contributed by atoms with Crippen LogP contribution in [0.3, 0.4) is 0 Å². The summed E-state index contributed by atoms with van der Waals surface area (Å²) in [5.74, 6) is 0.223. The average Bonchev–Trinajstić information content (AvgIpc) is 2.19. The molecule has 0 saturated carbocycles. The van der Waals surface area contributed by atoms with Crippen LogP contribution in [0, 0.1) is 0 Å². The molecule has 4 nitrogen and oxygen atoms in total. The first-order valence-corrected chi connectivity index (χ1v) is 7.26. The maximum Gasteiger partial charge on any atom is 0.153 e. The predicted molar refractivity (Wildman–Crippen MR) is 60.8 cm³/mol. The summed E-state index contributed by atoms with van der Waals surface area (Å²) in [6, 6.07) is 0.334. The zero-order valence-corrected chi connectivity index (χ0v) is 10.3. The smallest absolute Gasteiger partial charge is 0.153 e. The lowest BCUT2D eigenvalue weighted by Crippen LogP contribution is -2.39. The first-order valence-electron chi connectivity index (χ1n) is 5.55. The number of hydrogen-bond donors (Lipinski definition) is 1. The van der Waals surface area contributed by atoms with E-state index in [4.69, 9.17) is 4.74 Å². The van der Waals surface area contributed by atoms with Gasteiger partial charge in [0.1, 0.15) is 0 Å². The third-order valence-corrected chi connectivity index (χ3v) is 4.91. The Morgan fingerprint density at radius 1 is 1.47 bits per heavy atom. The number of hydrogen-bond acceptors (Lipinski definition) is 4. The van der Waals surface area contributed by atoms with E-state index < -0.39 is 9.84 Å². The van der Waals surface area contributed by atoms with Gasteiger partial charge >= 0.3 is 0 Å². The molecule has 0 aromatic heterocycles. The molecule has 15 heavy (non-hydrogen) atoms. The lowest BCUT2D eigenvalue weighted by Gasteiger charge is -2.23. The van der Waals surface area contributed by atoms with Gasteiger partial charge in [0.2, 0.25) is 0 Å². The molecule has 0 spiro atoms. The van der Waals surface area contributed by atoms with E-state index in [0.717, 1.165) is 19.4 Å². The lowest BCUT2D eigenvalue weighted by atomic mass is 10.1. The van der Waals surface area contributed by atoms with Crippen molar-refractivity contribution >= 4 is 9.84 Å². The average molecular weight is 235 g/mol. The second kappa shape index (κ2) is 5.82. The van der Waals surface area contributed by atoms with Crippen LogP contribution in [0.2, 0.25) is 0 Å². The maximum atomic E-state index is 11.5. The molecule has 1 N–H and O–H groups in total. The fourth-order valence-electron chi connectivity index (χ4n) is 1.54. The summed E-state index contributed by atoms with van der Waals surface area (Å²) in [5, 5.41) is 2.95. The molecule has 0 bridgehead atoms. The summed E-state index contributed by atoms with van der Waals surface area (Å²) >= 11 is 0. The summed E-state index contributed by atoms with van der Waals surface area (Å²) in [6.45, 7) is 5.52. The van der Waals surface area contributed by atoms with Gasteiger partial charge in [0.05, 0.1) is 17.6 Å². The van der Waals surface area contributed by atoms with Crippen molar-refractivity contribution in [3.63, 3.8) is 0 Å². The molecule has 1 unspecified atom stereocenters. The monoisotopic (exact) mass is 235 g/mol. The molecular formula is C10H21NO3S. The highest BCUT2D eigenvalue weighted by Gasteiger charge is 2.17. The minimum Gasteiger partial charge on any atom is -0.380 e. The number of nitrogens with one attached hydrogen (secondary N) is 1. The van der Waals surface area contributed by atoms with Crippen LogP contribution in [-0.4, -0.2) is 45.2 Å². The summed E-state index contributed by atoms with van der Waals surface area (Å²) in [4.78, 5) is 0. The van der Waals surface area contributed by atoms with E-state index in [9.17, 15) is 8.42 Å². The summed E-state index contributed by atoms with van der Waals surface area (Å²) in [6.07, 6.45) is 2.15. The Balaban J connectivity index is 2.20. The molecule has 1 rings (SSSR count). The van der Waals surface area contributed by atoms with Gasteiger partial charge in [0.25, 0.3) is 0 Å². The van der Waals surface area contributed by atoms with E-state index in [0.29, 0.717) is 19.2 Å². The minimum atomic E-state index is -2.90. The zero-order valence-electron chi connectivity index (χ0n) is 9.53. The Kier molecular flexibility index (Phi) is 5.02. The molecule has 0 aromatic carbocycles. The molecule has 0 aliphatic carbocycles. The van der Waals surface area contributed by atoms with Crippen molar-refractivity contribution in [2.75, 3.05) is 25.5 Å². The van der Waals surface area contributed by atoms with Crippen molar-refractivity contribution in [2.24, 2.45) is 0 Å². The van der Waals surface area contributed by atoms with Crippen LogP contribution >= 0.6 is 0 Å². The van der Waals surface area contributed by atoms with Crippen LogP contribution in [0.15, 0.2) is 0 Å². The van der Waals surface area contributed by atoms with Crippen LogP contribution in [-0.2, 0) is 14.6 Å². The highest BCUT2D eigenvalue weighted by atomic mass is 32.2. The van der Waals surface area contributed by atoms with Gasteiger partial charge in [-0.05, 0) is 26.7 Å². The standard InChI is InChI=1S/C10H21NO3S/c1-9(2)15(12,13)7-5-11-10-4-3-6-14-8-10/h9-11H,3-8H2,1-2H3. The summed E-state index contributed by atoms with van der Waals surface area (Å²) in [5.41, 5.74) is 0. The van der Waals surface area contributed by atoms with Crippen molar-refractivity contribution in [3.05, 3.63) is 0 Å². The molecule has 0 aromatic rings. The molecule has 90 valence electrons. The van der Waals surface area contributed by atoms with Crippen molar-refractivity contribution in [2.45, 2.75) is 38.0 Å². The molecular weight excluding hydrogens is 214 g/mol. The molecule has 1 fully saturated rings. The normalized spacial score (nSPS) is 23.3. The Morgan fingerprint density at radius 2 is 2.20 bits per heavy atom. The molecule has 1 atom stereocenters. The molecule has 0 radical (unpaired) electrons. The minimum absolute atomic E-state index is 0.223. The second-order valence-corrected chi connectivity index (χ2v) is 6.96. The van der Waals surface area contributed by atoms with Crippen LogP contribution in [0.4, 0.5) is 0 Å². The van der Waals surface area contributed by atoms with Crippen LogP contribution in [0.5, 0.6) is 0 Å². The van der Waals surface area contributed by atoms with Gasteiger partial charge in [-0.25, -0.2) is 8.42 Å². The van der Waals surface area contributed by atoms with Crippen molar-refractivity contribution in [3.8, 4) is 0 Å². The van der Waals surface area contributed by atoms with Gasteiger partial charge < -0.3 is 10.1 Å². The van der Waals surface area contributed by atoms with E-state index in [2.05, 4.69) is 5.32 Å². The Labute approximate surface area is 92.3 Å². The Bertz CT molecular complexity index is 268. The topological polar surface area (TPSA) is 55.4 Å². The van der Waals surface area contributed by atoms with Crippen LogP contribution in [0.1, 0.15) is 26.7 Å². The highest BCUT2D eigenvalue weighted by Crippen LogP contribution is 2.06. The van der Waals surface area contributed by atoms with Gasteiger partial charge in [0, 0.05) is 19.2 Å². The third kappa shape index (κ3) is 4.49. The lowest BCUT2D eigenvalue weighted by molar-refractivity contribution is 0.0712. The van der Waals surface area contributed by atoms with E-state index >= 15 is 0 Å². The zero-order chi connectivity index (χ0) is 11.3. The fourth-order valence-corrected chi connectivity index (χ4v) is 2.42. The van der Waals surface area contributed by atoms with Gasteiger partial charge in [0.15, 0.2) is 9.84 Å². The first kappa shape index (κ1) is 12.9. The van der Waals surface area contributed by atoms with Gasteiger partial charge in [-0.15, -0.1) is 0 Å². The number of sulfone groups is 1. The first-order chi connectivity index (χ1) is 7.02. The van der Waals surface area contributed by atoms with Gasteiger partial charge in [-0.1, -0.05) is 0 Å². The molecule has 5 heteroatoms. The number of rotatable bonds is 5. The van der Waals surface area contributed by atoms with E-state index in [1.807, 2.05) is 0 Å². The van der Waals surface area contributed by atoms with E-state index in [1.165, 1.54) is 0 Å². The molecule has 1 aliphatic heterocycles. The third-order valence-electron chi connectivity index (χ3n) is 2.70. The van der Waals surface area contributed by atoms with Crippen LogP contribution < -0.4 is 5.32 Å². The maximum absolute atomic E-state index is 11.5. The van der Waals surface area contributed by atoms with Crippen LogP contribution in [0.25, 0.3) is 0 Å². The summed E-state index contributed by atoms with van der Waals surface area (Å²) in [7, 11) is -2.90. The molecule has 1 aliphatic rings. The van der Waals surface area contributed by atoms with E-state index in [1.54, 1.807) is 13.8 Å². The quantitative estimate of drug-likeness (QED) is 0.757. The second-order valence-electron chi connectivity index (χ2n) is 4.28. The Morgan fingerprint density at radius 3 is 2.73 bits per heavy atom. The molecule has 1 saturated heterocycles. The van der Waals surface area contributed by atoms with Crippen molar-refractivity contribution in [1.82, 2.24) is 5.32 Å². The highest BCUT2D eigenvalue weighted by molar-refractivity contribution is 7.92.